The van der Waals surface area contributed by atoms with Crippen LogP contribution in [0.4, 0.5) is 0 Å². The highest BCUT2D eigenvalue weighted by atomic mass is 14.7. The average molecular weight is 261 g/mol. The first-order valence-electron chi connectivity index (χ1n) is 8.16. The second-order valence-electron chi connectivity index (χ2n) is 5.96. The van der Waals surface area contributed by atoms with Crippen molar-refractivity contribution in [1.82, 2.24) is 4.98 Å². The lowest BCUT2D eigenvalue weighted by Crippen LogP contribution is -2.02. The minimum Gasteiger partial charge on any atom is -0.260 e. The van der Waals surface area contributed by atoms with E-state index in [0.29, 0.717) is 5.92 Å². The fraction of sp³-hybridized carbons (Fsp3) is 0.722. The van der Waals surface area contributed by atoms with Gasteiger partial charge in [-0.05, 0) is 42.7 Å². The van der Waals surface area contributed by atoms with Crippen molar-refractivity contribution in [2.45, 2.75) is 85.0 Å². The molecule has 1 heteroatoms. The number of pyridine rings is 1. The summed E-state index contributed by atoms with van der Waals surface area (Å²) < 4.78 is 0. The Balaban J connectivity index is 2.67. The molecule has 0 N–H and O–H groups in total. The molecule has 19 heavy (non-hydrogen) atoms. The van der Waals surface area contributed by atoms with E-state index in [2.05, 4.69) is 40.0 Å². The largest absolute Gasteiger partial charge is 0.260 e. The van der Waals surface area contributed by atoms with E-state index in [1.165, 1.54) is 68.2 Å². The lowest BCUT2D eigenvalue weighted by atomic mass is 9.96. The second-order valence-corrected chi connectivity index (χ2v) is 5.96. The van der Waals surface area contributed by atoms with E-state index in [0.717, 1.165) is 0 Å². The van der Waals surface area contributed by atoms with Crippen molar-refractivity contribution in [1.29, 1.82) is 0 Å². The van der Waals surface area contributed by atoms with Crippen LogP contribution in [0.1, 0.15) is 89.0 Å². The standard InChI is InChI=1S/C18H31N/c1-5-7-9-10-11-16-13-17(12-8-6-2)18(15(3)4)19-14-16/h13-15H,5-12H2,1-4H3. The Hall–Kier alpha value is -0.850. The normalized spacial score (nSPS) is 11.2. The summed E-state index contributed by atoms with van der Waals surface area (Å²) in [4.78, 5) is 4.73. The van der Waals surface area contributed by atoms with Gasteiger partial charge in [0, 0.05) is 11.9 Å². The highest BCUT2D eigenvalue weighted by Gasteiger charge is 2.09. The molecular weight excluding hydrogens is 230 g/mol. The Labute approximate surface area is 119 Å². The fourth-order valence-electron chi connectivity index (χ4n) is 2.55. The van der Waals surface area contributed by atoms with Crippen molar-refractivity contribution in [3.05, 3.63) is 29.1 Å². The third-order valence-corrected chi connectivity index (χ3v) is 3.72. The highest BCUT2D eigenvalue weighted by Crippen LogP contribution is 2.21. The molecule has 1 aromatic rings. The number of aryl methyl sites for hydroxylation is 2. The molecule has 0 unspecified atom stereocenters. The van der Waals surface area contributed by atoms with E-state index in [4.69, 9.17) is 4.98 Å². The van der Waals surface area contributed by atoms with Gasteiger partial charge in [0.15, 0.2) is 0 Å². The number of rotatable bonds is 9. The topological polar surface area (TPSA) is 12.9 Å². The molecule has 1 heterocycles. The van der Waals surface area contributed by atoms with Gasteiger partial charge in [0.2, 0.25) is 0 Å². The maximum atomic E-state index is 4.73. The third kappa shape index (κ3) is 5.76. The highest BCUT2D eigenvalue weighted by molar-refractivity contribution is 5.27. The minimum absolute atomic E-state index is 0.543. The minimum atomic E-state index is 0.543. The van der Waals surface area contributed by atoms with Crippen LogP contribution in [0.25, 0.3) is 0 Å². The number of nitrogens with zero attached hydrogens (tertiary/aromatic N) is 1. The van der Waals surface area contributed by atoms with Gasteiger partial charge in [-0.15, -0.1) is 0 Å². The second kappa shape index (κ2) is 9.12. The Morgan fingerprint density at radius 3 is 2.32 bits per heavy atom. The van der Waals surface area contributed by atoms with Crippen LogP contribution in [0.2, 0.25) is 0 Å². The molecule has 0 spiro atoms. The van der Waals surface area contributed by atoms with E-state index in [9.17, 15) is 0 Å². The fourth-order valence-corrected chi connectivity index (χ4v) is 2.55. The summed E-state index contributed by atoms with van der Waals surface area (Å²) in [5, 5.41) is 0. The molecule has 0 aromatic carbocycles. The van der Waals surface area contributed by atoms with Gasteiger partial charge < -0.3 is 0 Å². The van der Waals surface area contributed by atoms with Gasteiger partial charge in [0.05, 0.1) is 0 Å². The summed E-state index contributed by atoms with van der Waals surface area (Å²) in [6.45, 7) is 9.02. The number of hydrogen-bond donors (Lipinski definition) is 0. The molecule has 0 aliphatic carbocycles. The first-order valence-corrected chi connectivity index (χ1v) is 8.16. The van der Waals surface area contributed by atoms with E-state index >= 15 is 0 Å². The van der Waals surface area contributed by atoms with Crippen molar-refractivity contribution in [2.75, 3.05) is 0 Å². The molecule has 1 aromatic heterocycles. The van der Waals surface area contributed by atoms with Crippen LogP contribution in [0.3, 0.4) is 0 Å². The van der Waals surface area contributed by atoms with Gasteiger partial charge in [-0.1, -0.05) is 59.4 Å². The summed E-state index contributed by atoms with van der Waals surface area (Å²) in [5.41, 5.74) is 4.24. The van der Waals surface area contributed by atoms with Gasteiger partial charge in [0.1, 0.15) is 0 Å². The molecule has 0 saturated heterocycles. The summed E-state index contributed by atoms with van der Waals surface area (Å²) in [6.07, 6.45) is 12.4. The van der Waals surface area contributed by atoms with Gasteiger partial charge in [-0.2, -0.15) is 0 Å². The molecule has 0 saturated carbocycles. The molecule has 1 rings (SSSR count). The summed E-state index contributed by atoms with van der Waals surface area (Å²) in [6, 6.07) is 2.42. The van der Waals surface area contributed by atoms with E-state index in [-0.39, 0.29) is 0 Å². The molecule has 1 nitrogen and oxygen atoms in total. The molecule has 0 radical (unpaired) electrons. The van der Waals surface area contributed by atoms with Crippen molar-refractivity contribution in [3.8, 4) is 0 Å². The SMILES string of the molecule is CCCCCCc1cnc(C(C)C)c(CCCC)c1. The molecule has 0 bridgehead atoms. The van der Waals surface area contributed by atoms with Crippen LogP contribution in [0.15, 0.2) is 12.3 Å². The molecule has 0 aliphatic rings. The van der Waals surface area contributed by atoms with E-state index in [1.807, 2.05) is 0 Å². The molecule has 108 valence electrons. The smallest absolute Gasteiger partial charge is 0.0461 e. The van der Waals surface area contributed by atoms with Crippen molar-refractivity contribution < 1.29 is 0 Å². The lowest BCUT2D eigenvalue weighted by Gasteiger charge is -2.13. The Morgan fingerprint density at radius 2 is 1.68 bits per heavy atom. The zero-order valence-electron chi connectivity index (χ0n) is 13.3. The maximum Gasteiger partial charge on any atom is 0.0461 e. The van der Waals surface area contributed by atoms with Crippen molar-refractivity contribution in [3.63, 3.8) is 0 Å². The molecule has 0 atom stereocenters. The van der Waals surface area contributed by atoms with Crippen molar-refractivity contribution >= 4 is 0 Å². The van der Waals surface area contributed by atoms with Crippen LogP contribution in [0.5, 0.6) is 0 Å². The number of aromatic nitrogens is 1. The number of hydrogen-bond acceptors (Lipinski definition) is 1. The van der Waals surface area contributed by atoms with E-state index in [1.54, 1.807) is 0 Å². The molecule has 0 amide bonds. The Bertz CT molecular complexity index is 355. The summed E-state index contributed by atoms with van der Waals surface area (Å²) >= 11 is 0. The Kier molecular flexibility index (Phi) is 7.78. The summed E-state index contributed by atoms with van der Waals surface area (Å²) in [7, 11) is 0. The Morgan fingerprint density at radius 1 is 0.947 bits per heavy atom. The van der Waals surface area contributed by atoms with Crippen LogP contribution in [-0.4, -0.2) is 4.98 Å². The van der Waals surface area contributed by atoms with E-state index < -0.39 is 0 Å². The number of unbranched alkanes of at least 4 members (excludes halogenated alkanes) is 4. The van der Waals surface area contributed by atoms with Crippen molar-refractivity contribution in [2.24, 2.45) is 0 Å². The first kappa shape index (κ1) is 16.2. The zero-order valence-corrected chi connectivity index (χ0v) is 13.3. The molecular formula is C18H31N. The zero-order chi connectivity index (χ0) is 14.1. The molecule has 0 fully saturated rings. The monoisotopic (exact) mass is 261 g/mol. The van der Waals surface area contributed by atoms with Gasteiger partial charge in [-0.25, -0.2) is 0 Å². The average Bonchev–Trinajstić information content (AvgIpc) is 2.41. The van der Waals surface area contributed by atoms with Crippen LogP contribution in [0, 0.1) is 0 Å². The van der Waals surface area contributed by atoms with Crippen LogP contribution < -0.4 is 0 Å². The first-order chi connectivity index (χ1) is 9.19. The predicted molar refractivity (Wildman–Crippen MR) is 84.8 cm³/mol. The lowest BCUT2D eigenvalue weighted by molar-refractivity contribution is 0.663. The van der Waals surface area contributed by atoms with Crippen LogP contribution in [-0.2, 0) is 12.8 Å². The summed E-state index contributed by atoms with van der Waals surface area (Å²) in [5.74, 6) is 0.543. The van der Waals surface area contributed by atoms with Gasteiger partial charge in [-0.3, -0.25) is 4.98 Å². The van der Waals surface area contributed by atoms with Crippen LogP contribution >= 0.6 is 0 Å². The van der Waals surface area contributed by atoms with Gasteiger partial charge >= 0.3 is 0 Å². The third-order valence-electron chi connectivity index (χ3n) is 3.72. The van der Waals surface area contributed by atoms with Gasteiger partial charge in [0.25, 0.3) is 0 Å². The predicted octanol–water partition coefficient (Wildman–Crippen LogP) is 5.67. The molecule has 0 aliphatic heterocycles. The maximum absolute atomic E-state index is 4.73. The quantitative estimate of drug-likeness (QED) is 0.522.